The number of hydrogen-bond acceptors (Lipinski definition) is 2. The van der Waals surface area contributed by atoms with Gasteiger partial charge in [-0.3, -0.25) is 0 Å². The van der Waals surface area contributed by atoms with Crippen LogP contribution in [0.3, 0.4) is 0 Å². The SMILES string of the molecule is C1=C(C2=[N+](c3ccc(-n4c5ccccc5c5ccc(-c6cccc7c6sc6ccccc67)cc54)cc3)C(c3ccccc3)N2)C=C(c2ccccc2)CC1. The molecule has 9 aromatic rings. The zero-order chi connectivity index (χ0) is 35.6. The first-order chi connectivity index (χ1) is 26.8. The summed E-state index contributed by atoms with van der Waals surface area (Å²) in [4.78, 5) is 0. The largest absolute Gasteiger partial charge is 0.309 e. The van der Waals surface area contributed by atoms with Gasteiger partial charge in [-0.1, -0.05) is 133 Å². The number of benzene rings is 7. The van der Waals surface area contributed by atoms with E-state index in [0.717, 1.165) is 24.4 Å². The maximum Gasteiger partial charge on any atom is 0.289 e. The Morgan fingerprint density at radius 1 is 0.593 bits per heavy atom. The van der Waals surface area contributed by atoms with Crippen LogP contribution in [-0.4, -0.2) is 15.0 Å². The molecular formula is C50H36N3S+. The molecule has 1 N–H and O–H groups in total. The molecule has 256 valence electrons. The van der Waals surface area contributed by atoms with Gasteiger partial charge in [-0.05, 0) is 83.6 Å². The molecule has 54 heavy (non-hydrogen) atoms. The number of nitrogens with one attached hydrogen (secondary N) is 1. The van der Waals surface area contributed by atoms with Gasteiger partial charge in [-0.2, -0.15) is 4.58 Å². The van der Waals surface area contributed by atoms with E-state index in [2.05, 4.69) is 196 Å². The summed E-state index contributed by atoms with van der Waals surface area (Å²) in [5.74, 6) is 1.15. The second-order valence-corrected chi connectivity index (χ2v) is 15.3. The van der Waals surface area contributed by atoms with Crippen molar-refractivity contribution in [1.29, 1.82) is 0 Å². The molecule has 4 heteroatoms. The predicted octanol–water partition coefficient (Wildman–Crippen LogP) is 13.0. The first-order valence-corrected chi connectivity index (χ1v) is 19.6. The minimum absolute atomic E-state index is 0.0517. The maximum absolute atomic E-state index is 3.85. The molecule has 7 aromatic carbocycles. The van der Waals surface area contributed by atoms with Crippen LogP contribution in [0.2, 0.25) is 0 Å². The van der Waals surface area contributed by atoms with Crippen molar-refractivity contribution in [2.75, 3.05) is 0 Å². The van der Waals surface area contributed by atoms with Gasteiger partial charge in [0.2, 0.25) is 0 Å². The van der Waals surface area contributed by atoms with Crippen molar-refractivity contribution in [1.82, 2.24) is 9.88 Å². The fourth-order valence-corrected chi connectivity index (χ4v) is 9.83. The van der Waals surface area contributed by atoms with E-state index in [-0.39, 0.29) is 6.17 Å². The minimum atomic E-state index is 0.0517. The van der Waals surface area contributed by atoms with Gasteiger partial charge >= 0.3 is 0 Å². The molecule has 1 atom stereocenters. The number of amidine groups is 1. The lowest BCUT2D eigenvalue weighted by molar-refractivity contribution is -0.531. The van der Waals surface area contributed by atoms with Crippen LogP contribution in [0.25, 0.3) is 64.4 Å². The van der Waals surface area contributed by atoms with E-state index in [4.69, 9.17) is 0 Å². The Bertz CT molecular complexity index is 3000. The van der Waals surface area contributed by atoms with Crippen LogP contribution in [-0.2, 0) is 0 Å². The van der Waals surface area contributed by atoms with Crippen LogP contribution in [0, 0.1) is 0 Å². The monoisotopic (exact) mass is 710 g/mol. The number of rotatable bonds is 6. The zero-order valence-corrected chi connectivity index (χ0v) is 30.4. The summed E-state index contributed by atoms with van der Waals surface area (Å²) in [5, 5.41) is 9.02. The Morgan fingerprint density at radius 3 is 2.17 bits per heavy atom. The second kappa shape index (κ2) is 12.6. The molecule has 0 fully saturated rings. The van der Waals surface area contributed by atoms with E-state index in [1.54, 1.807) is 0 Å². The molecular weight excluding hydrogens is 675 g/mol. The Balaban J connectivity index is 1.04. The molecule has 1 aliphatic carbocycles. The van der Waals surface area contributed by atoms with Crippen molar-refractivity contribution >= 4 is 70.4 Å². The number of aromatic nitrogens is 1. The van der Waals surface area contributed by atoms with Crippen LogP contribution in [0.1, 0.15) is 30.1 Å². The molecule has 1 aliphatic heterocycles. The van der Waals surface area contributed by atoms with Crippen molar-refractivity contribution in [3.8, 4) is 16.8 Å². The highest BCUT2D eigenvalue weighted by atomic mass is 32.1. The summed E-state index contributed by atoms with van der Waals surface area (Å²) in [6, 6.07) is 62.0. The Kier molecular flexibility index (Phi) is 7.24. The van der Waals surface area contributed by atoms with Crippen LogP contribution in [0.15, 0.2) is 188 Å². The van der Waals surface area contributed by atoms with E-state index in [1.165, 1.54) is 81.1 Å². The smallest absolute Gasteiger partial charge is 0.289 e. The van der Waals surface area contributed by atoms with Crippen LogP contribution >= 0.6 is 11.3 Å². The van der Waals surface area contributed by atoms with Gasteiger partial charge in [-0.25, -0.2) is 5.32 Å². The first kappa shape index (κ1) is 31.1. The highest BCUT2D eigenvalue weighted by Crippen LogP contribution is 2.42. The van der Waals surface area contributed by atoms with Crippen LogP contribution in [0.4, 0.5) is 5.69 Å². The molecule has 0 bridgehead atoms. The fraction of sp³-hybridized carbons (Fsp3) is 0.0600. The van der Waals surface area contributed by atoms with Crippen LogP contribution < -0.4 is 5.32 Å². The first-order valence-electron chi connectivity index (χ1n) is 18.8. The number of allylic oxidation sites excluding steroid dienone is 2. The van der Waals surface area contributed by atoms with Gasteiger partial charge in [0.05, 0.1) is 16.6 Å². The third kappa shape index (κ3) is 4.98. The zero-order valence-electron chi connectivity index (χ0n) is 29.6. The third-order valence-corrected chi connectivity index (χ3v) is 12.4. The summed E-state index contributed by atoms with van der Waals surface area (Å²) in [7, 11) is 0. The summed E-state index contributed by atoms with van der Waals surface area (Å²) in [6.45, 7) is 0. The Morgan fingerprint density at radius 2 is 1.31 bits per heavy atom. The molecule has 1 unspecified atom stereocenters. The van der Waals surface area contributed by atoms with Crippen molar-refractivity contribution in [2.45, 2.75) is 19.0 Å². The quantitative estimate of drug-likeness (QED) is 0.170. The lowest BCUT2D eigenvalue weighted by Crippen LogP contribution is -2.51. The summed E-state index contributed by atoms with van der Waals surface area (Å²) in [5.41, 5.74) is 12.4. The van der Waals surface area contributed by atoms with E-state index < -0.39 is 0 Å². The molecule has 2 aromatic heterocycles. The molecule has 3 nitrogen and oxygen atoms in total. The summed E-state index contributed by atoms with van der Waals surface area (Å²) < 4.78 is 7.57. The Labute approximate surface area is 318 Å². The highest BCUT2D eigenvalue weighted by molar-refractivity contribution is 7.26. The van der Waals surface area contributed by atoms with E-state index in [9.17, 15) is 0 Å². The maximum atomic E-state index is 3.85. The fourth-order valence-electron chi connectivity index (χ4n) is 8.59. The van der Waals surface area contributed by atoms with Crippen molar-refractivity contribution in [3.05, 3.63) is 199 Å². The minimum Gasteiger partial charge on any atom is -0.309 e. The number of fused-ring (bicyclic) bond motifs is 6. The van der Waals surface area contributed by atoms with Crippen molar-refractivity contribution in [3.63, 3.8) is 0 Å². The summed E-state index contributed by atoms with van der Waals surface area (Å²) >= 11 is 1.89. The molecule has 0 spiro atoms. The summed E-state index contributed by atoms with van der Waals surface area (Å²) in [6.07, 6.45) is 6.88. The number of nitrogens with zero attached hydrogens (tertiary/aromatic N) is 2. The lowest BCUT2D eigenvalue weighted by Gasteiger charge is -2.30. The van der Waals surface area contributed by atoms with Crippen LogP contribution in [0.5, 0.6) is 0 Å². The lowest BCUT2D eigenvalue weighted by atomic mass is 9.92. The average Bonchev–Trinajstić information content (AvgIpc) is 3.77. The van der Waals surface area contributed by atoms with Crippen molar-refractivity contribution in [2.24, 2.45) is 0 Å². The standard InChI is InChI=1S/C50H35N3S/c1-3-13-33(14-4-1)35-17-11-18-37(31-35)50-51-49(34-15-5-2-6-16-34)53(50)39-28-26-38(27-29-39)52-45-23-9-7-19-41(45)42-30-25-36(32-46(42)52)40-21-12-22-44-43-20-8-10-24-47(43)54-48(40)44/h1-10,12-16,18-32,49H,11,17H2/p+1. The molecule has 0 amide bonds. The topological polar surface area (TPSA) is 20.0 Å². The average molecular weight is 711 g/mol. The van der Waals surface area contributed by atoms with Gasteiger partial charge in [0.25, 0.3) is 12.0 Å². The number of para-hydroxylation sites is 1. The molecule has 0 saturated carbocycles. The number of hydrogen-bond donors (Lipinski definition) is 1. The van der Waals surface area contributed by atoms with Gasteiger partial charge in [0, 0.05) is 42.2 Å². The third-order valence-electron chi connectivity index (χ3n) is 11.2. The second-order valence-electron chi connectivity index (χ2n) is 14.3. The Hall–Kier alpha value is -6.49. The van der Waals surface area contributed by atoms with Gasteiger partial charge in [0.15, 0.2) is 0 Å². The molecule has 0 saturated heterocycles. The molecule has 11 rings (SSSR count). The van der Waals surface area contributed by atoms with E-state index >= 15 is 0 Å². The normalized spacial score (nSPS) is 15.7. The van der Waals surface area contributed by atoms with Gasteiger partial charge < -0.3 is 4.57 Å². The van der Waals surface area contributed by atoms with E-state index in [0.29, 0.717) is 0 Å². The van der Waals surface area contributed by atoms with Crippen molar-refractivity contribution < 1.29 is 4.58 Å². The molecule has 2 aliphatic rings. The molecule has 0 radical (unpaired) electrons. The van der Waals surface area contributed by atoms with Gasteiger partial charge in [-0.15, -0.1) is 11.3 Å². The highest BCUT2D eigenvalue weighted by Gasteiger charge is 2.41. The van der Waals surface area contributed by atoms with E-state index in [1.807, 2.05) is 11.3 Å². The predicted molar refractivity (Wildman–Crippen MR) is 228 cm³/mol. The molecule has 3 heterocycles. The number of thiophene rings is 1. The van der Waals surface area contributed by atoms with Gasteiger partial charge in [0.1, 0.15) is 5.69 Å².